The average Bonchev–Trinajstić information content (AvgIpc) is 2.38. The van der Waals surface area contributed by atoms with Gasteiger partial charge in [0.1, 0.15) is 0 Å². The SMILES string of the molecule is CC1CN(c2ccccc2Br)CC(C)(C)CN1. The Morgan fingerprint density at radius 2 is 2.06 bits per heavy atom. The van der Waals surface area contributed by atoms with Crippen LogP contribution in [0.3, 0.4) is 0 Å². The molecule has 1 aromatic rings. The molecule has 1 aromatic carbocycles. The van der Waals surface area contributed by atoms with Gasteiger partial charge in [0.2, 0.25) is 0 Å². The zero-order valence-corrected chi connectivity index (χ0v) is 12.4. The van der Waals surface area contributed by atoms with E-state index in [9.17, 15) is 0 Å². The first-order chi connectivity index (χ1) is 7.98. The molecular formula is C14H21BrN2. The van der Waals surface area contributed by atoms with E-state index in [1.165, 1.54) is 10.2 Å². The molecule has 1 aliphatic rings. The van der Waals surface area contributed by atoms with Crippen molar-refractivity contribution in [2.75, 3.05) is 24.5 Å². The largest absolute Gasteiger partial charge is 0.368 e. The summed E-state index contributed by atoms with van der Waals surface area (Å²) in [6.45, 7) is 10.1. The van der Waals surface area contributed by atoms with Gasteiger partial charge in [-0.25, -0.2) is 0 Å². The lowest BCUT2D eigenvalue weighted by Crippen LogP contribution is -2.35. The average molecular weight is 297 g/mol. The van der Waals surface area contributed by atoms with Gasteiger partial charge in [0, 0.05) is 30.1 Å². The van der Waals surface area contributed by atoms with Gasteiger partial charge in [0.05, 0.1) is 5.69 Å². The van der Waals surface area contributed by atoms with Crippen molar-refractivity contribution in [3.63, 3.8) is 0 Å². The minimum atomic E-state index is 0.306. The summed E-state index contributed by atoms with van der Waals surface area (Å²) in [6, 6.07) is 9.02. The minimum absolute atomic E-state index is 0.306. The molecule has 0 spiro atoms. The summed E-state index contributed by atoms with van der Waals surface area (Å²) >= 11 is 3.65. The van der Waals surface area contributed by atoms with Crippen LogP contribution in [0.25, 0.3) is 0 Å². The van der Waals surface area contributed by atoms with Crippen molar-refractivity contribution in [2.45, 2.75) is 26.8 Å². The second-order valence-corrected chi connectivity index (χ2v) is 6.63. The molecule has 0 aromatic heterocycles. The van der Waals surface area contributed by atoms with Crippen LogP contribution < -0.4 is 10.2 Å². The molecule has 1 N–H and O–H groups in total. The Bertz CT molecular complexity index is 390. The first kappa shape index (κ1) is 12.9. The molecule has 1 heterocycles. The van der Waals surface area contributed by atoms with Gasteiger partial charge in [-0.2, -0.15) is 0 Å². The van der Waals surface area contributed by atoms with Gasteiger partial charge >= 0.3 is 0 Å². The van der Waals surface area contributed by atoms with E-state index in [0.717, 1.165) is 19.6 Å². The zero-order chi connectivity index (χ0) is 12.5. The smallest absolute Gasteiger partial charge is 0.0511 e. The van der Waals surface area contributed by atoms with Crippen LogP contribution in [0.5, 0.6) is 0 Å². The second kappa shape index (κ2) is 4.99. The van der Waals surface area contributed by atoms with Crippen LogP contribution in [-0.4, -0.2) is 25.7 Å². The number of benzene rings is 1. The number of anilines is 1. The summed E-state index contributed by atoms with van der Waals surface area (Å²) in [7, 11) is 0. The van der Waals surface area contributed by atoms with Crippen molar-refractivity contribution < 1.29 is 0 Å². The maximum absolute atomic E-state index is 3.65. The van der Waals surface area contributed by atoms with E-state index in [-0.39, 0.29) is 0 Å². The first-order valence-corrected chi connectivity index (χ1v) is 7.00. The Labute approximate surface area is 113 Å². The maximum atomic E-state index is 3.65. The third kappa shape index (κ3) is 3.23. The fraction of sp³-hybridized carbons (Fsp3) is 0.571. The maximum Gasteiger partial charge on any atom is 0.0511 e. The van der Waals surface area contributed by atoms with Crippen molar-refractivity contribution in [1.82, 2.24) is 5.32 Å². The molecule has 1 atom stereocenters. The fourth-order valence-corrected chi connectivity index (χ4v) is 2.91. The van der Waals surface area contributed by atoms with Crippen LogP contribution in [0.15, 0.2) is 28.7 Å². The lowest BCUT2D eigenvalue weighted by atomic mass is 9.93. The number of halogens is 1. The Morgan fingerprint density at radius 1 is 1.35 bits per heavy atom. The Hall–Kier alpha value is -0.540. The molecule has 2 nitrogen and oxygen atoms in total. The molecule has 0 aliphatic carbocycles. The van der Waals surface area contributed by atoms with Crippen molar-refractivity contribution in [2.24, 2.45) is 5.41 Å². The molecule has 1 unspecified atom stereocenters. The summed E-state index contributed by atoms with van der Waals surface area (Å²) in [5, 5.41) is 3.60. The monoisotopic (exact) mass is 296 g/mol. The molecule has 17 heavy (non-hydrogen) atoms. The van der Waals surface area contributed by atoms with E-state index in [1.807, 2.05) is 0 Å². The predicted octanol–water partition coefficient (Wildman–Crippen LogP) is 3.27. The third-order valence-corrected chi connectivity index (χ3v) is 3.91. The van der Waals surface area contributed by atoms with Gasteiger partial charge in [-0.05, 0) is 40.4 Å². The van der Waals surface area contributed by atoms with E-state index in [2.05, 4.69) is 71.2 Å². The highest BCUT2D eigenvalue weighted by Crippen LogP contribution is 2.30. The number of hydrogen-bond acceptors (Lipinski definition) is 2. The van der Waals surface area contributed by atoms with Crippen LogP contribution in [0, 0.1) is 5.41 Å². The highest BCUT2D eigenvalue weighted by atomic mass is 79.9. The number of hydrogen-bond donors (Lipinski definition) is 1. The lowest BCUT2D eigenvalue weighted by molar-refractivity contribution is 0.362. The molecule has 1 saturated heterocycles. The Balaban J connectivity index is 2.27. The Morgan fingerprint density at radius 3 is 2.76 bits per heavy atom. The molecular weight excluding hydrogens is 276 g/mol. The number of nitrogens with zero attached hydrogens (tertiary/aromatic N) is 1. The van der Waals surface area contributed by atoms with E-state index in [1.54, 1.807) is 0 Å². The van der Waals surface area contributed by atoms with E-state index in [0.29, 0.717) is 11.5 Å². The molecule has 0 bridgehead atoms. The molecule has 0 radical (unpaired) electrons. The molecule has 3 heteroatoms. The number of para-hydroxylation sites is 1. The highest BCUT2D eigenvalue weighted by molar-refractivity contribution is 9.10. The van der Waals surface area contributed by atoms with Gasteiger partial charge in [-0.1, -0.05) is 26.0 Å². The number of nitrogens with one attached hydrogen (secondary N) is 1. The van der Waals surface area contributed by atoms with E-state index < -0.39 is 0 Å². The molecule has 1 fully saturated rings. The van der Waals surface area contributed by atoms with Crippen LogP contribution in [0.4, 0.5) is 5.69 Å². The molecule has 2 rings (SSSR count). The van der Waals surface area contributed by atoms with Gasteiger partial charge < -0.3 is 10.2 Å². The second-order valence-electron chi connectivity index (χ2n) is 5.78. The number of rotatable bonds is 1. The quantitative estimate of drug-likeness (QED) is 0.856. The minimum Gasteiger partial charge on any atom is -0.368 e. The van der Waals surface area contributed by atoms with Crippen LogP contribution in [0.1, 0.15) is 20.8 Å². The van der Waals surface area contributed by atoms with Crippen molar-refractivity contribution in [1.29, 1.82) is 0 Å². The summed E-state index contributed by atoms with van der Waals surface area (Å²) < 4.78 is 1.19. The van der Waals surface area contributed by atoms with E-state index in [4.69, 9.17) is 0 Å². The molecule has 94 valence electrons. The van der Waals surface area contributed by atoms with Gasteiger partial charge in [0.15, 0.2) is 0 Å². The van der Waals surface area contributed by atoms with Gasteiger partial charge in [-0.3, -0.25) is 0 Å². The highest BCUT2D eigenvalue weighted by Gasteiger charge is 2.27. The fourth-order valence-electron chi connectivity index (χ4n) is 2.37. The lowest BCUT2D eigenvalue weighted by Gasteiger charge is -2.31. The summed E-state index contributed by atoms with van der Waals surface area (Å²) in [5.41, 5.74) is 1.61. The molecule has 0 saturated carbocycles. The van der Waals surface area contributed by atoms with Crippen molar-refractivity contribution in [3.8, 4) is 0 Å². The van der Waals surface area contributed by atoms with Gasteiger partial charge in [-0.15, -0.1) is 0 Å². The standard InChI is InChI=1S/C14H21BrN2/c1-11-8-17(10-14(2,3)9-16-11)13-7-5-4-6-12(13)15/h4-7,11,16H,8-10H2,1-3H3. The molecule has 1 aliphatic heterocycles. The first-order valence-electron chi connectivity index (χ1n) is 6.21. The Kier molecular flexibility index (Phi) is 3.79. The zero-order valence-electron chi connectivity index (χ0n) is 10.8. The normalized spacial score (nSPS) is 24.5. The topological polar surface area (TPSA) is 15.3 Å². The summed E-state index contributed by atoms with van der Waals surface area (Å²) in [5.74, 6) is 0. The van der Waals surface area contributed by atoms with E-state index >= 15 is 0 Å². The third-order valence-electron chi connectivity index (χ3n) is 3.24. The summed E-state index contributed by atoms with van der Waals surface area (Å²) in [6.07, 6.45) is 0. The van der Waals surface area contributed by atoms with Gasteiger partial charge in [0.25, 0.3) is 0 Å². The van der Waals surface area contributed by atoms with Crippen LogP contribution >= 0.6 is 15.9 Å². The summed E-state index contributed by atoms with van der Waals surface area (Å²) in [4.78, 5) is 2.48. The van der Waals surface area contributed by atoms with Crippen molar-refractivity contribution in [3.05, 3.63) is 28.7 Å². The van der Waals surface area contributed by atoms with Crippen molar-refractivity contribution >= 4 is 21.6 Å². The van der Waals surface area contributed by atoms with Crippen LogP contribution in [-0.2, 0) is 0 Å². The van der Waals surface area contributed by atoms with Crippen LogP contribution in [0.2, 0.25) is 0 Å². The predicted molar refractivity (Wildman–Crippen MR) is 77.6 cm³/mol. The molecule has 0 amide bonds.